The first-order valence-electron chi connectivity index (χ1n) is 4.23. The quantitative estimate of drug-likeness (QED) is 0.690. The van der Waals surface area contributed by atoms with Gasteiger partial charge in [0.2, 0.25) is 0 Å². The van der Waals surface area contributed by atoms with Crippen LogP contribution in [-0.2, 0) is 6.42 Å². The highest BCUT2D eigenvalue weighted by atomic mass is 35.5. The number of halogens is 1. The molecule has 0 amide bonds. The molecule has 1 aromatic carbocycles. The van der Waals surface area contributed by atoms with E-state index in [9.17, 15) is 0 Å². The molecular formula is C10H14ClNO. The lowest BCUT2D eigenvalue weighted by molar-refractivity contribution is 0.263. The van der Waals surface area contributed by atoms with Crippen LogP contribution in [-0.4, -0.2) is 12.6 Å². The maximum absolute atomic E-state index is 5.77. The standard InChI is InChI=1S/C10H13NO.ClH/c1-7-2-3-10-8(4-7)5-9(11)6-12-10;/h2-4,9H,5-6,11H2,1H3;1H/t9-;/m1./s1. The van der Waals surface area contributed by atoms with Crippen molar-refractivity contribution < 1.29 is 4.74 Å². The average Bonchev–Trinajstić information content (AvgIpc) is 2.03. The normalized spacial score (nSPS) is 19.7. The minimum absolute atomic E-state index is 0. The Morgan fingerprint density at radius 1 is 1.46 bits per heavy atom. The van der Waals surface area contributed by atoms with E-state index < -0.39 is 0 Å². The number of rotatable bonds is 0. The fraction of sp³-hybridized carbons (Fsp3) is 0.400. The van der Waals surface area contributed by atoms with Crippen molar-refractivity contribution in [1.82, 2.24) is 0 Å². The summed E-state index contributed by atoms with van der Waals surface area (Å²) in [6.07, 6.45) is 0.941. The van der Waals surface area contributed by atoms with Crippen molar-refractivity contribution in [2.75, 3.05) is 6.61 Å². The number of hydrogen-bond donors (Lipinski definition) is 1. The summed E-state index contributed by atoms with van der Waals surface area (Å²) in [6.45, 7) is 2.73. The van der Waals surface area contributed by atoms with Gasteiger partial charge in [-0.3, -0.25) is 0 Å². The summed E-state index contributed by atoms with van der Waals surface area (Å²) in [7, 11) is 0. The molecule has 72 valence electrons. The Morgan fingerprint density at radius 2 is 2.23 bits per heavy atom. The van der Waals surface area contributed by atoms with E-state index in [1.807, 2.05) is 6.07 Å². The van der Waals surface area contributed by atoms with E-state index in [1.165, 1.54) is 11.1 Å². The Morgan fingerprint density at radius 3 is 3.00 bits per heavy atom. The fourth-order valence-electron chi connectivity index (χ4n) is 1.55. The third-order valence-electron chi connectivity index (χ3n) is 2.15. The van der Waals surface area contributed by atoms with Gasteiger partial charge in [-0.05, 0) is 25.0 Å². The zero-order chi connectivity index (χ0) is 8.55. The van der Waals surface area contributed by atoms with Gasteiger partial charge in [-0.15, -0.1) is 12.4 Å². The van der Waals surface area contributed by atoms with E-state index >= 15 is 0 Å². The second kappa shape index (κ2) is 3.99. The number of fused-ring (bicyclic) bond motifs is 1. The zero-order valence-electron chi connectivity index (χ0n) is 7.62. The fourth-order valence-corrected chi connectivity index (χ4v) is 1.55. The topological polar surface area (TPSA) is 35.2 Å². The highest BCUT2D eigenvalue weighted by Gasteiger charge is 2.15. The number of ether oxygens (including phenoxy) is 1. The second-order valence-corrected chi connectivity index (χ2v) is 3.39. The first-order chi connectivity index (χ1) is 5.75. The van der Waals surface area contributed by atoms with Crippen LogP contribution in [0.2, 0.25) is 0 Å². The molecule has 0 bridgehead atoms. The van der Waals surface area contributed by atoms with Gasteiger partial charge in [0.1, 0.15) is 12.4 Å². The molecule has 1 atom stereocenters. The van der Waals surface area contributed by atoms with Crippen LogP contribution in [0.4, 0.5) is 0 Å². The Kier molecular flexibility index (Phi) is 3.17. The molecule has 0 aliphatic carbocycles. The van der Waals surface area contributed by atoms with Crippen LogP contribution in [0.1, 0.15) is 11.1 Å². The van der Waals surface area contributed by atoms with Crippen LogP contribution in [0, 0.1) is 6.92 Å². The minimum atomic E-state index is 0. The second-order valence-electron chi connectivity index (χ2n) is 3.39. The maximum atomic E-state index is 5.77. The van der Waals surface area contributed by atoms with Crippen LogP contribution in [0.15, 0.2) is 18.2 Å². The highest BCUT2D eigenvalue weighted by Crippen LogP contribution is 2.24. The van der Waals surface area contributed by atoms with Gasteiger partial charge in [-0.1, -0.05) is 17.7 Å². The number of hydrogen-bond acceptors (Lipinski definition) is 2. The van der Waals surface area contributed by atoms with Crippen molar-refractivity contribution in [3.05, 3.63) is 29.3 Å². The van der Waals surface area contributed by atoms with Crippen molar-refractivity contribution in [3.8, 4) is 5.75 Å². The van der Waals surface area contributed by atoms with Crippen molar-refractivity contribution >= 4 is 12.4 Å². The molecule has 2 N–H and O–H groups in total. The predicted molar refractivity (Wildman–Crippen MR) is 55.6 cm³/mol. The Hall–Kier alpha value is -0.730. The van der Waals surface area contributed by atoms with E-state index in [2.05, 4.69) is 19.1 Å². The molecule has 0 spiro atoms. The monoisotopic (exact) mass is 199 g/mol. The van der Waals surface area contributed by atoms with E-state index in [0.717, 1.165) is 12.2 Å². The summed E-state index contributed by atoms with van der Waals surface area (Å²) in [6, 6.07) is 6.40. The molecule has 0 saturated heterocycles. The highest BCUT2D eigenvalue weighted by molar-refractivity contribution is 5.85. The van der Waals surface area contributed by atoms with Gasteiger partial charge < -0.3 is 10.5 Å². The molecule has 1 heterocycles. The van der Waals surface area contributed by atoms with Crippen LogP contribution in [0.5, 0.6) is 5.75 Å². The third-order valence-corrected chi connectivity index (χ3v) is 2.15. The number of nitrogens with two attached hydrogens (primary N) is 1. The van der Waals surface area contributed by atoms with E-state index in [1.54, 1.807) is 0 Å². The molecular weight excluding hydrogens is 186 g/mol. The largest absolute Gasteiger partial charge is 0.492 e. The van der Waals surface area contributed by atoms with Crippen molar-refractivity contribution in [2.45, 2.75) is 19.4 Å². The van der Waals surface area contributed by atoms with Gasteiger partial charge in [0.15, 0.2) is 0 Å². The molecule has 2 nitrogen and oxygen atoms in total. The molecule has 13 heavy (non-hydrogen) atoms. The number of benzene rings is 1. The van der Waals surface area contributed by atoms with Crippen molar-refractivity contribution in [1.29, 1.82) is 0 Å². The molecule has 1 aliphatic rings. The third kappa shape index (κ3) is 2.14. The summed E-state index contributed by atoms with van der Waals surface area (Å²) in [5.41, 5.74) is 8.29. The summed E-state index contributed by atoms with van der Waals surface area (Å²) in [4.78, 5) is 0. The van der Waals surface area contributed by atoms with Crippen molar-refractivity contribution in [3.63, 3.8) is 0 Å². The lowest BCUT2D eigenvalue weighted by Gasteiger charge is -2.22. The van der Waals surface area contributed by atoms with E-state index in [-0.39, 0.29) is 18.4 Å². The van der Waals surface area contributed by atoms with E-state index in [4.69, 9.17) is 10.5 Å². The number of aryl methyl sites for hydroxylation is 1. The predicted octanol–water partition coefficient (Wildman–Crippen LogP) is 1.68. The Bertz CT molecular complexity index is 301. The summed E-state index contributed by atoms with van der Waals surface area (Å²) in [5.74, 6) is 1.00. The summed E-state index contributed by atoms with van der Waals surface area (Å²) >= 11 is 0. The molecule has 3 heteroatoms. The van der Waals surface area contributed by atoms with Gasteiger partial charge in [0.25, 0.3) is 0 Å². The molecule has 0 fully saturated rings. The molecule has 0 aromatic heterocycles. The smallest absolute Gasteiger partial charge is 0.122 e. The van der Waals surface area contributed by atoms with Gasteiger partial charge >= 0.3 is 0 Å². The maximum Gasteiger partial charge on any atom is 0.122 e. The van der Waals surface area contributed by atoms with Gasteiger partial charge in [-0.2, -0.15) is 0 Å². The lowest BCUT2D eigenvalue weighted by atomic mass is 10.0. The first kappa shape index (κ1) is 10.4. The molecule has 0 saturated carbocycles. The summed E-state index contributed by atoms with van der Waals surface area (Å²) < 4.78 is 5.47. The Labute approximate surface area is 84.5 Å². The molecule has 0 radical (unpaired) electrons. The zero-order valence-corrected chi connectivity index (χ0v) is 8.43. The Balaban J connectivity index is 0.000000845. The molecule has 2 rings (SSSR count). The van der Waals surface area contributed by atoms with Gasteiger partial charge in [0.05, 0.1) is 0 Å². The molecule has 0 unspecified atom stereocenters. The van der Waals surface area contributed by atoms with Crippen LogP contribution in [0.25, 0.3) is 0 Å². The lowest BCUT2D eigenvalue weighted by Crippen LogP contribution is -2.33. The van der Waals surface area contributed by atoms with Gasteiger partial charge in [0, 0.05) is 6.04 Å². The SMILES string of the molecule is Cc1ccc2c(c1)C[C@@H](N)CO2.Cl. The van der Waals surface area contributed by atoms with Crippen LogP contribution < -0.4 is 10.5 Å². The summed E-state index contributed by atoms with van der Waals surface area (Å²) in [5, 5.41) is 0. The molecule has 1 aliphatic heterocycles. The first-order valence-corrected chi connectivity index (χ1v) is 4.23. The van der Waals surface area contributed by atoms with E-state index in [0.29, 0.717) is 6.61 Å². The van der Waals surface area contributed by atoms with Crippen LogP contribution in [0.3, 0.4) is 0 Å². The minimum Gasteiger partial charge on any atom is -0.492 e. The van der Waals surface area contributed by atoms with Crippen LogP contribution >= 0.6 is 12.4 Å². The van der Waals surface area contributed by atoms with Crippen molar-refractivity contribution in [2.24, 2.45) is 5.73 Å². The van der Waals surface area contributed by atoms with Gasteiger partial charge in [-0.25, -0.2) is 0 Å². The molecule has 1 aromatic rings. The average molecular weight is 200 g/mol.